The van der Waals surface area contributed by atoms with Crippen LogP contribution in [0.2, 0.25) is 0 Å². The molecule has 0 aliphatic heterocycles. The molecule has 0 bridgehead atoms. The Kier molecular flexibility index (Phi) is 67.9. The highest BCUT2D eigenvalue weighted by Crippen LogP contribution is 2.19. The van der Waals surface area contributed by atoms with Crippen LogP contribution in [0.1, 0.15) is 399 Å². The van der Waals surface area contributed by atoms with Crippen LogP contribution in [0.3, 0.4) is 0 Å². The largest absolute Gasteiger partial charge is 0.466 e. The van der Waals surface area contributed by atoms with Crippen molar-refractivity contribution in [2.75, 3.05) is 13.2 Å². The first-order chi connectivity index (χ1) is 39.5. The molecular weight excluding hydrogens is 983 g/mol. The summed E-state index contributed by atoms with van der Waals surface area (Å²) in [5.41, 5.74) is 0. The molecule has 0 radical (unpaired) electrons. The number of carbonyl (C=O) groups is 2. The molecular formula is C74H141NO5. The molecule has 80 heavy (non-hydrogen) atoms. The zero-order valence-corrected chi connectivity index (χ0v) is 54.1. The van der Waals surface area contributed by atoms with Gasteiger partial charge in [0.05, 0.1) is 25.4 Å². The van der Waals surface area contributed by atoms with Gasteiger partial charge in [0, 0.05) is 12.8 Å². The van der Waals surface area contributed by atoms with Gasteiger partial charge in [0.25, 0.3) is 0 Å². The maximum absolute atomic E-state index is 12.4. The van der Waals surface area contributed by atoms with Gasteiger partial charge in [-0.25, -0.2) is 0 Å². The van der Waals surface area contributed by atoms with Crippen molar-refractivity contribution in [2.45, 2.75) is 411 Å². The Morgan fingerprint density at radius 3 is 0.975 bits per heavy atom. The molecule has 0 aromatic heterocycles. The number of carbonyl (C=O) groups excluding carboxylic acids is 2. The Hall–Kier alpha value is -1.92. The van der Waals surface area contributed by atoms with Crippen LogP contribution in [0, 0.1) is 0 Å². The Balaban J connectivity index is 3.28. The standard InChI is InChI=1S/C74H141NO5/c1-3-5-7-9-11-13-14-15-16-17-35-39-42-45-48-52-56-60-64-68-74(79)80-69-65-61-57-53-49-46-43-40-37-34-32-30-28-26-24-22-20-18-19-21-23-25-27-29-31-33-36-38-41-44-47-51-55-59-63-67-73(78)75-71(70-76)72(77)66-62-58-54-50-12-10-8-6-4-2/h11,13,15-16,62,66,71-72,76-77H,3-10,12,14,17-61,63-65,67-70H2,1-2H3,(H,75,78)/b13-11-,16-15-,66-62+. The number of ether oxygens (including phenoxy) is 1. The average Bonchev–Trinajstić information content (AvgIpc) is 3.46. The zero-order chi connectivity index (χ0) is 57.8. The predicted octanol–water partition coefficient (Wildman–Crippen LogP) is 23.5. The first-order valence-corrected chi connectivity index (χ1v) is 36.3. The summed E-state index contributed by atoms with van der Waals surface area (Å²) in [6.45, 7) is 4.88. The van der Waals surface area contributed by atoms with Gasteiger partial charge in [-0.15, -0.1) is 0 Å². The van der Waals surface area contributed by atoms with Crippen molar-refractivity contribution in [2.24, 2.45) is 0 Å². The summed E-state index contributed by atoms with van der Waals surface area (Å²) < 4.78 is 5.51. The van der Waals surface area contributed by atoms with Gasteiger partial charge in [0.2, 0.25) is 5.91 Å². The zero-order valence-electron chi connectivity index (χ0n) is 54.1. The maximum atomic E-state index is 12.4. The Morgan fingerprint density at radius 2 is 0.625 bits per heavy atom. The van der Waals surface area contributed by atoms with Crippen LogP contribution in [0.4, 0.5) is 0 Å². The second-order valence-electron chi connectivity index (χ2n) is 24.9. The first kappa shape index (κ1) is 78.1. The van der Waals surface area contributed by atoms with E-state index < -0.39 is 12.1 Å². The molecule has 0 aromatic rings. The van der Waals surface area contributed by atoms with E-state index in [-0.39, 0.29) is 18.5 Å². The molecule has 3 N–H and O–H groups in total. The second-order valence-corrected chi connectivity index (χ2v) is 24.9. The molecule has 0 aromatic carbocycles. The highest BCUT2D eigenvalue weighted by atomic mass is 16.5. The molecule has 0 spiro atoms. The van der Waals surface area contributed by atoms with Gasteiger partial charge in [0.15, 0.2) is 0 Å². The van der Waals surface area contributed by atoms with Crippen molar-refractivity contribution >= 4 is 11.9 Å². The second kappa shape index (κ2) is 69.6. The molecule has 0 aliphatic carbocycles. The fourth-order valence-electron chi connectivity index (χ4n) is 11.4. The Morgan fingerprint density at radius 1 is 0.350 bits per heavy atom. The number of unbranched alkanes of at least 4 members (excludes halogenated alkanes) is 53. The lowest BCUT2D eigenvalue weighted by atomic mass is 10.0. The van der Waals surface area contributed by atoms with Crippen LogP contribution in [-0.2, 0) is 14.3 Å². The minimum Gasteiger partial charge on any atom is -0.466 e. The van der Waals surface area contributed by atoms with Crippen molar-refractivity contribution in [3.63, 3.8) is 0 Å². The first-order valence-electron chi connectivity index (χ1n) is 36.3. The minimum absolute atomic E-state index is 0.0189. The molecule has 0 saturated carbocycles. The van der Waals surface area contributed by atoms with E-state index in [1.54, 1.807) is 6.08 Å². The van der Waals surface area contributed by atoms with Gasteiger partial charge in [0.1, 0.15) is 0 Å². The van der Waals surface area contributed by atoms with E-state index in [1.165, 1.54) is 327 Å². The number of nitrogens with one attached hydrogen (secondary N) is 1. The molecule has 1 amide bonds. The highest BCUT2D eigenvalue weighted by molar-refractivity contribution is 5.76. The SMILES string of the molecule is CCCCC/C=C\C/C=C\CCCCCCCCCCCC(=O)OCCCCCCCCCCCCCCCCCCCCCCCCCCCCCCCCCCCCCC(=O)NC(CO)C(O)/C=C/CCCCCCCCC. The maximum Gasteiger partial charge on any atom is 0.305 e. The number of hydrogen-bond donors (Lipinski definition) is 3. The molecule has 0 saturated heterocycles. The van der Waals surface area contributed by atoms with E-state index in [4.69, 9.17) is 4.74 Å². The van der Waals surface area contributed by atoms with Crippen LogP contribution in [-0.4, -0.2) is 47.4 Å². The lowest BCUT2D eigenvalue weighted by molar-refractivity contribution is -0.143. The van der Waals surface area contributed by atoms with Crippen molar-refractivity contribution < 1.29 is 24.5 Å². The molecule has 6 heteroatoms. The van der Waals surface area contributed by atoms with Crippen molar-refractivity contribution in [3.05, 3.63) is 36.5 Å². The number of rotatable bonds is 68. The van der Waals surface area contributed by atoms with E-state index in [9.17, 15) is 19.8 Å². The van der Waals surface area contributed by atoms with Crippen molar-refractivity contribution in [1.29, 1.82) is 0 Å². The average molecular weight is 1120 g/mol. The monoisotopic (exact) mass is 1120 g/mol. The summed E-state index contributed by atoms with van der Waals surface area (Å²) in [4.78, 5) is 24.5. The lowest BCUT2D eigenvalue weighted by Crippen LogP contribution is -2.45. The van der Waals surface area contributed by atoms with Gasteiger partial charge in [-0.2, -0.15) is 0 Å². The third kappa shape index (κ3) is 65.2. The number of esters is 1. The van der Waals surface area contributed by atoms with E-state index in [0.29, 0.717) is 19.4 Å². The van der Waals surface area contributed by atoms with Crippen LogP contribution in [0.15, 0.2) is 36.5 Å². The van der Waals surface area contributed by atoms with E-state index in [0.717, 1.165) is 44.9 Å². The Bertz CT molecular complexity index is 1300. The highest BCUT2D eigenvalue weighted by Gasteiger charge is 2.18. The summed E-state index contributed by atoms with van der Waals surface area (Å²) in [7, 11) is 0. The summed E-state index contributed by atoms with van der Waals surface area (Å²) in [5, 5.41) is 23.0. The number of aliphatic hydroxyl groups excluding tert-OH is 2. The van der Waals surface area contributed by atoms with E-state index in [2.05, 4.69) is 43.5 Å². The normalized spacial score (nSPS) is 12.7. The lowest BCUT2D eigenvalue weighted by Gasteiger charge is -2.20. The van der Waals surface area contributed by atoms with Gasteiger partial charge in [-0.3, -0.25) is 9.59 Å². The van der Waals surface area contributed by atoms with Crippen LogP contribution < -0.4 is 5.32 Å². The van der Waals surface area contributed by atoms with Gasteiger partial charge >= 0.3 is 5.97 Å². The summed E-state index contributed by atoms with van der Waals surface area (Å²) in [5.74, 6) is -0.0451. The van der Waals surface area contributed by atoms with Crippen LogP contribution in [0.5, 0.6) is 0 Å². The summed E-state index contributed by atoms with van der Waals surface area (Å²) >= 11 is 0. The Labute approximate surface area is 500 Å². The van der Waals surface area contributed by atoms with Gasteiger partial charge in [-0.05, 0) is 64.2 Å². The molecule has 2 atom stereocenters. The minimum atomic E-state index is -0.838. The number of amides is 1. The number of hydrogen-bond acceptors (Lipinski definition) is 5. The van der Waals surface area contributed by atoms with Crippen LogP contribution >= 0.6 is 0 Å². The smallest absolute Gasteiger partial charge is 0.305 e. The van der Waals surface area contributed by atoms with Crippen molar-refractivity contribution in [1.82, 2.24) is 5.32 Å². The summed E-state index contributed by atoms with van der Waals surface area (Å²) in [6, 6.07) is -0.621. The van der Waals surface area contributed by atoms with E-state index >= 15 is 0 Å². The molecule has 6 nitrogen and oxygen atoms in total. The van der Waals surface area contributed by atoms with Crippen LogP contribution in [0.25, 0.3) is 0 Å². The van der Waals surface area contributed by atoms with Crippen molar-refractivity contribution in [3.8, 4) is 0 Å². The molecule has 0 rings (SSSR count). The quantitative estimate of drug-likeness (QED) is 0.0320. The fraction of sp³-hybridized carbons (Fsp3) is 0.892. The summed E-state index contributed by atoms with van der Waals surface area (Å²) in [6.07, 6.45) is 89.8. The molecule has 0 fully saturated rings. The molecule has 2 unspecified atom stereocenters. The molecule has 472 valence electrons. The van der Waals surface area contributed by atoms with E-state index in [1.807, 2.05) is 6.08 Å². The topological polar surface area (TPSA) is 95.9 Å². The molecule has 0 heterocycles. The molecule has 0 aliphatic rings. The number of aliphatic hydroxyl groups is 2. The fourth-order valence-corrected chi connectivity index (χ4v) is 11.4. The predicted molar refractivity (Wildman–Crippen MR) is 352 cm³/mol. The van der Waals surface area contributed by atoms with Gasteiger partial charge in [-0.1, -0.05) is 359 Å². The third-order valence-electron chi connectivity index (χ3n) is 16.9. The number of allylic oxidation sites excluding steroid dienone is 5. The third-order valence-corrected chi connectivity index (χ3v) is 16.9. The van der Waals surface area contributed by atoms with Gasteiger partial charge < -0.3 is 20.3 Å².